The van der Waals surface area contributed by atoms with Crippen molar-refractivity contribution in [3.63, 3.8) is 0 Å². The second kappa shape index (κ2) is 2.90. The molecular weight excluding hydrogens is 216 g/mol. The first kappa shape index (κ1) is 7.80. The number of hydrazone groups is 1. The van der Waals surface area contributed by atoms with Crippen LogP contribution in [-0.2, 0) is 6.42 Å². The summed E-state index contributed by atoms with van der Waals surface area (Å²) in [7, 11) is 0. The molecule has 0 radical (unpaired) electrons. The molecule has 0 aliphatic heterocycles. The van der Waals surface area contributed by atoms with E-state index in [2.05, 4.69) is 39.2 Å². The fourth-order valence-electron chi connectivity index (χ4n) is 1.56. The highest BCUT2D eigenvalue weighted by Crippen LogP contribution is 2.25. The van der Waals surface area contributed by atoms with Crippen molar-refractivity contribution in [3.8, 4) is 0 Å². The van der Waals surface area contributed by atoms with E-state index in [4.69, 9.17) is 5.84 Å². The highest BCUT2D eigenvalue weighted by Gasteiger charge is 2.16. The van der Waals surface area contributed by atoms with Crippen molar-refractivity contribution in [2.45, 2.75) is 12.8 Å². The summed E-state index contributed by atoms with van der Waals surface area (Å²) in [6.07, 6.45) is 2.04. The Labute approximate surface area is 79.6 Å². The number of nitrogens with zero attached hydrogens (tertiary/aromatic N) is 1. The molecular formula is C9H9BrN2. The van der Waals surface area contributed by atoms with Gasteiger partial charge in [-0.05, 0) is 30.5 Å². The second-order valence-corrected chi connectivity index (χ2v) is 3.79. The molecule has 2 nitrogen and oxygen atoms in total. The summed E-state index contributed by atoms with van der Waals surface area (Å²) in [5.74, 6) is 5.27. The second-order valence-electron chi connectivity index (χ2n) is 2.88. The molecule has 12 heavy (non-hydrogen) atoms. The summed E-state index contributed by atoms with van der Waals surface area (Å²) in [5.41, 5.74) is 3.57. The Morgan fingerprint density at radius 2 is 2.17 bits per heavy atom. The Hall–Kier alpha value is -0.830. The maximum Gasteiger partial charge on any atom is 0.0679 e. The van der Waals surface area contributed by atoms with Crippen LogP contribution in [0.2, 0.25) is 0 Å². The molecule has 3 heteroatoms. The molecule has 1 aliphatic carbocycles. The smallest absolute Gasteiger partial charge is 0.0679 e. The number of hydrogen-bond donors (Lipinski definition) is 1. The molecule has 0 unspecified atom stereocenters. The third-order valence-corrected chi connectivity index (χ3v) is 2.66. The van der Waals surface area contributed by atoms with Gasteiger partial charge in [-0.1, -0.05) is 22.0 Å². The maximum absolute atomic E-state index is 5.27. The van der Waals surface area contributed by atoms with Crippen LogP contribution in [-0.4, -0.2) is 5.71 Å². The number of halogens is 1. The predicted molar refractivity (Wildman–Crippen MR) is 53.2 cm³/mol. The van der Waals surface area contributed by atoms with Crippen LogP contribution < -0.4 is 5.84 Å². The molecule has 0 aromatic heterocycles. The molecule has 1 aliphatic rings. The Balaban J connectivity index is 2.57. The normalized spacial score (nSPS) is 18.2. The van der Waals surface area contributed by atoms with E-state index in [-0.39, 0.29) is 0 Å². The van der Waals surface area contributed by atoms with Crippen molar-refractivity contribution in [3.05, 3.63) is 33.8 Å². The summed E-state index contributed by atoms with van der Waals surface area (Å²) < 4.78 is 1.09. The number of fused-ring (bicyclic) bond motifs is 1. The van der Waals surface area contributed by atoms with Crippen LogP contribution in [0.5, 0.6) is 0 Å². The largest absolute Gasteiger partial charge is 0.323 e. The van der Waals surface area contributed by atoms with Gasteiger partial charge < -0.3 is 5.84 Å². The van der Waals surface area contributed by atoms with E-state index in [9.17, 15) is 0 Å². The standard InChI is InChI=1S/C9H9BrN2/c10-7-3-1-6-2-4-9(12-11)8(6)5-7/h1,3,5H,2,4,11H2/b12-9-. The van der Waals surface area contributed by atoms with Crippen LogP contribution in [0.15, 0.2) is 27.8 Å². The minimum Gasteiger partial charge on any atom is -0.323 e. The zero-order chi connectivity index (χ0) is 8.55. The van der Waals surface area contributed by atoms with Crippen molar-refractivity contribution in [2.75, 3.05) is 0 Å². The highest BCUT2D eigenvalue weighted by atomic mass is 79.9. The van der Waals surface area contributed by atoms with Gasteiger partial charge in [0.1, 0.15) is 0 Å². The lowest BCUT2D eigenvalue weighted by atomic mass is 10.1. The molecule has 0 saturated heterocycles. The lowest BCUT2D eigenvalue weighted by Gasteiger charge is -1.98. The minimum atomic E-state index is 0.974. The molecule has 0 bridgehead atoms. The van der Waals surface area contributed by atoms with Crippen LogP contribution in [0.3, 0.4) is 0 Å². The number of rotatable bonds is 0. The van der Waals surface area contributed by atoms with Crippen molar-refractivity contribution >= 4 is 21.6 Å². The summed E-state index contributed by atoms with van der Waals surface area (Å²) >= 11 is 3.43. The first-order chi connectivity index (χ1) is 5.81. The molecule has 0 saturated carbocycles. The van der Waals surface area contributed by atoms with Crippen LogP contribution in [0.4, 0.5) is 0 Å². The molecule has 0 heterocycles. The van der Waals surface area contributed by atoms with Crippen LogP contribution in [0.25, 0.3) is 0 Å². The molecule has 62 valence electrons. The van der Waals surface area contributed by atoms with Gasteiger partial charge in [0.15, 0.2) is 0 Å². The van der Waals surface area contributed by atoms with Gasteiger partial charge in [0, 0.05) is 10.0 Å². The summed E-state index contributed by atoms with van der Waals surface area (Å²) in [6.45, 7) is 0. The summed E-state index contributed by atoms with van der Waals surface area (Å²) in [6, 6.07) is 6.25. The van der Waals surface area contributed by atoms with E-state index in [0.717, 1.165) is 23.0 Å². The highest BCUT2D eigenvalue weighted by molar-refractivity contribution is 9.10. The molecule has 2 N–H and O–H groups in total. The monoisotopic (exact) mass is 224 g/mol. The third-order valence-electron chi connectivity index (χ3n) is 2.17. The first-order valence-electron chi connectivity index (χ1n) is 3.87. The van der Waals surface area contributed by atoms with Gasteiger partial charge >= 0.3 is 0 Å². The van der Waals surface area contributed by atoms with E-state index in [1.807, 2.05) is 0 Å². The van der Waals surface area contributed by atoms with Gasteiger partial charge in [-0.15, -0.1) is 0 Å². The number of hydrogen-bond acceptors (Lipinski definition) is 2. The molecule has 1 aromatic carbocycles. The molecule has 0 amide bonds. The maximum atomic E-state index is 5.27. The zero-order valence-electron chi connectivity index (χ0n) is 6.55. The average Bonchev–Trinajstić information content (AvgIpc) is 2.46. The topological polar surface area (TPSA) is 38.4 Å². The Morgan fingerprint density at radius 1 is 1.33 bits per heavy atom. The lowest BCUT2D eigenvalue weighted by Crippen LogP contribution is -1.98. The van der Waals surface area contributed by atoms with Crippen molar-refractivity contribution in [2.24, 2.45) is 10.9 Å². The molecule has 0 spiro atoms. The van der Waals surface area contributed by atoms with Crippen molar-refractivity contribution in [1.29, 1.82) is 0 Å². The zero-order valence-corrected chi connectivity index (χ0v) is 8.13. The molecule has 1 aromatic rings. The van der Waals surface area contributed by atoms with Gasteiger partial charge in [-0.2, -0.15) is 5.10 Å². The number of aryl methyl sites for hydroxylation is 1. The van der Waals surface area contributed by atoms with Gasteiger partial charge in [-0.3, -0.25) is 0 Å². The van der Waals surface area contributed by atoms with Crippen LogP contribution in [0.1, 0.15) is 17.5 Å². The van der Waals surface area contributed by atoms with Gasteiger partial charge in [0.2, 0.25) is 0 Å². The Kier molecular flexibility index (Phi) is 1.89. The molecule has 0 fully saturated rings. The van der Waals surface area contributed by atoms with E-state index < -0.39 is 0 Å². The number of benzene rings is 1. The fourth-order valence-corrected chi connectivity index (χ4v) is 1.92. The lowest BCUT2D eigenvalue weighted by molar-refractivity contribution is 1.08. The fraction of sp³-hybridized carbons (Fsp3) is 0.222. The van der Waals surface area contributed by atoms with E-state index in [1.165, 1.54) is 11.1 Å². The van der Waals surface area contributed by atoms with Gasteiger partial charge in [0.05, 0.1) is 5.71 Å². The first-order valence-corrected chi connectivity index (χ1v) is 4.66. The quantitative estimate of drug-likeness (QED) is 0.532. The summed E-state index contributed by atoms with van der Waals surface area (Å²) in [4.78, 5) is 0. The van der Waals surface area contributed by atoms with Crippen LogP contribution in [0, 0.1) is 0 Å². The Bertz CT molecular complexity index is 344. The summed E-state index contributed by atoms with van der Waals surface area (Å²) in [5, 5.41) is 3.77. The predicted octanol–water partition coefficient (Wildman–Crippen LogP) is 2.06. The minimum absolute atomic E-state index is 0.974. The number of nitrogens with two attached hydrogens (primary N) is 1. The third kappa shape index (κ3) is 1.14. The van der Waals surface area contributed by atoms with Crippen molar-refractivity contribution in [1.82, 2.24) is 0 Å². The van der Waals surface area contributed by atoms with Crippen molar-refractivity contribution < 1.29 is 0 Å². The SMILES string of the molecule is N/N=C1/CCc2ccc(Br)cc21. The molecule has 0 atom stereocenters. The van der Waals surface area contributed by atoms with Gasteiger partial charge in [-0.25, -0.2) is 0 Å². The Morgan fingerprint density at radius 3 is 2.92 bits per heavy atom. The van der Waals surface area contributed by atoms with Crippen LogP contribution >= 0.6 is 15.9 Å². The molecule has 2 rings (SSSR count). The van der Waals surface area contributed by atoms with Gasteiger partial charge in [0.25, 0.3) is 0 Å². The van der Waals surface area contributed by atoms with E-state index in [0.29, 0.717) is 0 Å². The average molecular weight is 225 g/mol. The van der Waals surface area contributed by atoms with E-state index >= 15 is 0 Å². The van der Waals surface area contributed by atoms with E-state index in [1.54, 1.807) is 0 Å².